The summed E-state index contributed by atoms with van der Waals surface area (Å²) >= 11 is 0. The predicted molar refractivity (Wildman–Crippen MR) is 133 cm³/mol. The average Bonchev–Trinajstić information content (AvgIpc) is 2.73. The zero-order valence-electron chi connectivity index (χ0n) is 22.5. The lowest BCUT2D eigenvalue weighted by Crippen LogP contribution is -2.66. The largest absolute Gasteiger partial charge is 0.481 e. The Morgan fingerprint density at radius 1 is 0.912 bits per heavy atom. The maximum Gasteiger partial charge on any atom is 0.309 e. The molecule has 0 heterocycles. The van der Waals surface area contributed by atoms with E-state index in [0.29, 0.717) is 12.3 Å². The van der Waals surface area contributed by atoms with Crippen molar-refractivity contribution >= 4 is 11.8 Å². The van der Waals surface area contributed by atoms with Crippen LogP contribution in [0.2, 0.25) is 0 Å². The first-order chi connectivity index (χ1) is 15.6. The molecule has 4 fully saturated rings. The van der Waals surface area contributed by atoms with Crippen LogP contribution in [0.25, 0.3) is 0 Å². The van der Waals surface area contributed by atoms with Crippen LogP contribution >= 0.6 is 0 Å². The molecule has 0 amide bonds. The number of carboxylic acids is 1. The lowest BCUT2D eigenvalue weighted by atomic mass is 9.33. The van der Waals surface area contributed by atoms with Crippen LogP contribution in [0, 0.1) is 50.2 Å². The molecule has 0 aromatic carbocycles. The number of aliphatic hydroxyl groups is 1. The van der Waals surface area contributed by atoms with Crippen molar-refractivity contribution in [2.75, 3.05) is 0 Å². The van der Waals surface area contributed by atoms with Gasteiger partial charge in [-0.2, -0.15) is 0 Å². The topological polar surface area (TPSA) is 74.6 Å². The molecule has 5 aliphatic carbocycles. The number of fused-ring (bicyclic) bond motifs is 7. The third kappa shape index (κ3) is 2.81. The zero-order chi connectivity index (χ0) is 25.1. The van der Waals surface area contributed by atoms with Gasteiger partial charge in [-0.05, 0) is 110 Å². The van der Waals surface area contributed by atoms with Gasteiger partial charge in [-0.15, -0.1) is 0 Å². The third-order valence-electron chi connectivity index (χ3n) is 13.1. The van der Waals surface area contributed by atoms with Crippen molar-refractivity contribution in [3.8, 4) is 0 Å². The molecule has 0 aromatic rings. The highest BCUT2D eigenvalue weighted by Gasteiger charge is 2.70. The summed E-state index contributed by atoms with van der Waals surface area (Å²) < 4.78 is 0. The highest BCUT2D eigenvalue weighted by Crippen LogP contribution is 2.75. The number of carboxylic acid groups (broad SMARTS) is 1. The number of carbonyl (C=O) groups excluding carboxylic acids is 1. The Morgan fingerprint density at radius 3 is 2.21 bits per heavy atom. The fraction of sp³-hybridized carbons (Fsp3) is 0.867. The molecule has 0 aliphatic heterocycles. The number of ketones is 1. The summed E-state index contributed by atoms with van der Waals surface area (Å²) in [5.74, 6) is 0.0603. The Bertz CT molecular complexity index is 965. The third-order valence-corrected chi connectivity index (χ3v) is 13.1. The fourth-order valence-electron chi connectivity index (χ4n) is 10.4. The van der Waals surface area contributed by atoms with Crippen molar-refractivity contribution in [1.82, 2.24) is 0 Å². The van der Waals surface area contributed by atoms with Gasteiger partial charge in [-0.3, -0.25) is 9.59 Å². The molecule has 4 heteroatoms. The number of allylic oxidation sites excluding steroid dienone is 2. The molecule has 4 saturated carbocycles. The van der Waals surface area contributed by atoms with Gasteiger partial charge < -0.3 is 10.2 Å². The molecule has 0 saturated heterocycles. The van der Waals surface area contributed by atoms with Gasteiger partial charge >= 0.3 is 5.97 Å². The number of aliphatic hydroxyl groups excluding tert-OH is 1. The van der Waals surface area contributed by atoms with E-state index in [9.17, 15) is 19.8 Å². The van der Waals surface area contributed by atoms with Crippen molar-refractivity contribution in [3.05, 3.63) is 11.6 Å². The molecule has 4 nitrogen and oxygen atoms in total. The Balaban J connectivity index is 1.62. The van der Waals surface area contributed by atoms with Crippen molar-refractivity contribution < 1.29 is 19.8 Å². The van der Waals surface area contributed by atoms with Crippen LogP contribution in [0.15, 0.2) is 11.6 Å². The van der Waals surface area contributed by atoms with Gasteiger partial charge in [0, 0.05) is 5.92 Å². The molecule has 5 aliphatic rings. The summed E-state index contributed by atoms with van der Waals surface area (Å²) in [6.07, 6.45) is 9.95. The number of rotatable bonds is 1. The van der Waals surface area contributed by atoms with Gasteiger partial charge in [0.25, 0.3) is 0 Å². The standard InChI is InChI=1S/C30H46O4/c1-25(2)21-8-11-30(7)23(28(21,5)10-9-22(25)32)20(31)16-18-19-17-27(4,24(33)34)13-12-26(19,3)14-15-29(18,30)6/h16,19,21-23,32H,8-15,17H2,1-7H3,(H,33,34)/t19-,21+,22+,23-,26-,27-,28+,29-,30-/m1/s1. The molecule has 0 bridgehead atoms. The summed E-state index contributed by atoms with van der Waals surface area (Å²) in [7, 11) is 0. The first-order valence-electron chi connectivity index (χ1n) is 13.7. The van der Waals surface area contributed by atoms with E-state index < -0.39 is 11.4 Å². The molecule has 0 aromatic heterocycles. The van der Waals surface area contributed by atoms with E-state index in [1.165, 1.54) is 5.57 Å². The lowest BCUT2D eigenvalue weighted by Gasteiger charge is -2.70. The molecule has 5 rings (SSSR count). The van der Waals surface area contributed by atoms with Gasteiger partial charge in [0.05, 0.1) is 11.5 Å². The Hall–Kier alpha value is -1.16. The van der Waals surface area contributed by atoms with Gasteiger partial charge in [-0.1, -0.05) is 47.1 Å². The molecule has 34 heavy (non-hydrogen) atoms. The van der Waals surface area contributed by atoms with Gasteiger partial charge in [0.1, 0.15) is 0 Å². The summed E-state index contributed by atoms with van der Waals surface area (Å²) in [5.41, 5.74) is 0.142. The minimum Gasteiger partial charge on any atom is -0.481 e. The minimum absolute atomic E-state index is 0.0296. The summed E-state index contributed by atoms with van der Waals surface area (Å²) in [6.45, 7) is 15.8. The van der Waals surface area contributed by atoms with Crippen molar-refractivity contribution in [3.63, 3.8) is 0 Å². The zero-order valence-corrected chi connectivity index (χ0v) is 22.5. The molecule has 0 spiro atoms. The van der Waals surface area contributed by atoms with E-state index in [2.05, 4.69) is 41.5 Å². The summed E-state index contributed by atoms with van der Waals surface area (Å²) in [6, 6.07) is 0. The van der Waals surface area contributed by atoms with E-state index in [4.69, 9.17) is 0 Å². The number of aliphatic carboxylic acids is 1. The highest BCUT2D eigenvalue weighted by atomic mass is 16.4. The lowest BCUT2D eigenvalue weighted by molar-refractivity contribution is -0.202. The van der Waals surface area contributed by atoms with E-state index in [-0.39, 0.29) is 50.8 Å². The fourth-order valence-corrected chi connectivity index (χ4v) is 10.4. The van der Waals surface area contributed by atoms with Crippen LogP contribution < -0.4 is 0 Å². The van der Waals surface area contributed by atoms with Crippen molar-refractivity contribution in [2.45, 2.75) is 112 Å². The van der Waals surface area contributed by atoms with Crippen LogP contribution in [0.1, 0.15) is 106 Å². The number of carbonyl (C=O) groups is 2. The second-order valence-corrected chi connectivity index (χ2v) is 14.9. The SMILES string of the molecule is CC1(C)[C@@H](O)CC[C@]2(C)[C@H]3C(=O)C=C4[C@H]5C[C@](C)(C(=O)O)CC[C@]5(C)CC[C@@]4(C)[C@]3(C)CC[C@@H]12. The molecule has 0 unspecified atom stereocenters. The van der Waals surface area contributed by atoms with Gasteiger partial charge in [0.15, 0.2) is 5.78 Å². The van der Waals surface area contributed by atoms with Crippen LogP contribution in [0.5, 0.6) is 0 Å². The van der Waals surface area contributed by atoms with Gasteiger partial charge in [0.2, 0.25) is 0 Å². The molecule has 9 atom stereocenters. The van der Waals surface area contributed by atoms with Crippen LogP contribution in [-0.4, -0.2) is 28.1 Å². The molecular weight excluding hydrogens is 424 g/mol. The van der Waals surface area contributed by atoms with Gasteiger partial charge in [-0.25, -0.2) is 0 Å². The Labute approximate surface area is 206 Å². The van der Waals surface area contributed by atoms with E-state index in [1.807, 2.05) is 13.0 Å². The van der Waals surface area contributed by atoms with Crippen LogP contribution in [-0.2, 0) is 9.59 Å². The molecular formula is C30H46O4. The minimum atomic E-state index is -0.711. The average molecular weight is 471 g/mol. The maximum absolute atomic E-state index is 14.2. The summed E-state index contributed by atoms with van der Waals surface area (Å²) in [4.78, 5) is 26.4. The summed E-state index contributed by atoms with van der Waals surface area (Å²) in [5, 5.41) is 20.9. The Morgan fingerprint density at radius 2 is 1.56 bits per heavy atom. The van der Waals surface area contributed by atoms with Crippen LogP contribution in [0.4, 0.5) is 0 Å². The number of hydrogen-bond acceptors (Lipinski definition) is 3. The Kier molecular flexibility index (Phi) is 5.04. The first kappa shape index (κ1) is 24.5. The van der Waals surface area contributed by atoms with E-state index >= 15 is 0 Å². The highest BCUT2D eigenvalue weighted by molar-refractivity contribution is 5.95. The molecule has 2 N–H and O–H groups in total. The van der Waals surface area contributed by atoms with E-state index in [0.717, 1.165) is 51.4 Å². The second kappa shape index (κ2) is 6.99. The predicted octanol–water partition coefficient (Wildman–Crippen LogP) is 6.41. The quantitative estimate of drug-likeness (QED) is 0.464. The normalized spacial score (nSPS) is 54.1. The monoisotopic (exact) mass is 470 g/mol. The number of hydrogen-bond donors (Lipinski definition) is 2. The van der Waals surface area contributed by atoms with Crippen molar-refractivity contribution in [1.29, 1.82) is 0 Å². The van der Waals surface area contributed by atoms with Crippen molar-refractivity contribution in [2.24, 2.45) is 50.2 Å². The molecule has 0 radical (unpaired) electrons. The second-order valence-electron chi connectivity index (χ2n) is 14.9. The molecule has 190 valence electrons. The smallest absolute Gasteiger partial charge is 0.309 e. The van der Waals surface area contributed by atoms with E-state index in [1.54, 1.807) is 0 Å². The maximum atomic E-state index is 14.2. The van der Waals surface area contributed by atoms with Crippen LogP contribution in [0.3, 0.4) is 0 Å². The first-order valence-corrected chi connectivity index (χ1v) is 13.7.